The molecule has 1 N–H and O–H groups in total. The lowest BCUT2D eigenvalue weighted by Crippen LogP contribution is -2.00. The first-order valence-corrected chi connectivity index (χ1v) is 6.72. The number of fused-ring (bicyclic) bond motifs is 1. The molecule has 3 aromatic rings. The molecule has 0 saturated carbocycles. The van der Waals surface area contributed by atoms with Gasteiger partial charge in [0.15, 0.2) is 0 Å². The van der Waals surface area contributed by atoms with Gasteiger partial charge >= 0.3 is 0 Å². The molecule has 1 heterocycles. The molecule has 0 unspecified atom stereocenters. The van der Waals surface area contributed by atoms with Gasteiger partial charge in [-0.15, -0.1) is 11.3 Å². The van der Waals surface area contributed by atoms with E-state index in [-0.39, 0.29) is 0 Å². The van der Waals surface area contributed by atoms with Crippen LogP contribution in [0.2, 0.25) is 0 Å². The lowest BCUT2D eigenvalue weighted by Gasteiger charge is -2.08. The van der Waals surface area contributed by atoms with Crippen molar-refractivity contribution in [3.05, 3.63) is 65.2 Å². The van der Waals surface area contributed by atoms with Gasteiger partial charge in [-0.2, -0.15) is 0 Å². The van der Waals surface area contributed by atoms with Crippen LogP contribution < -0.4 is 0 Å². The molecule has 0 saturated heterocycles. The Morgan fingerprint density at radius 1 is 1.00 bits per heavy atom. The molecule has 3 heteroatoms. The van der Waals surface area contributed by atoms with E-state index in [1.807, 2.05) is 48.5 Å². The summed E-state index contributed by atoms with van der Waals surface area (Å²) in [7, 11) is 0. The van der Waals surface area contributed by atoms with Crippen molar-refractivity contribution in [1.29, 1.82) is 0 Å². The third kappa shape index (κ3) is 2.28. The summed E-state index contributed by atoms with van der Waals surface area (Å²) in [6.07, 6.45) is 0.0929. The summed E-state index contributed by atoms with van der Waals surface area (Å²) < 4.78 is 1.17. The maximum Gasteiger partial charge on any atom is 0.0967 e. The van der Waals surface area contributed by atoms with Crippen molar-refractivity contribution >= 4 is 21.6 Å². The zero-order chi connectivity index (χ0) is 12.4. The molecule has 1 aromatic heterocycles. The molecule has 0 aliphatic rings. The summed E-state index contributed by atoms with van der Waals surface area (Å²) in [6, 6.07) is 17.8. The fourth-order valence-electron chi connectivity index (χ4n) is 1.97. The number of hydrogen-bond donors (Lipinski definition) is 1. The van der Waals surface area contributed by atoms with Gasteiger partial charge in [0.25, 0.3) is 0 Å². The molecular weight excluding hydrogens is 242 g/mol. The van der Waals surface area contributed by atoms with Crippen LogP contribution in [0.1, 0.15) is 16.7 Å². The highest BCUT2D eigenvalue weighted by atomic mass is 32.1. The molecule has 2 nitrogen and oxygen atoms in total. The number of aliphatic hydroxyl groups excluding tert-OH is 1. The summed E-state index contributed by atoms with van der Waals surface area (Å²) in [4.78, 5) is 4.54. The summed E-state index contributed by atoms with van der Waals surface area (Å²) in [5, 5.41) is 11.1. The van der Waals surface area contributed by atoms with E-state index in [0.29, 0.717) is 6.42 Å². The van der Waals surface area contributed by atoms with Gasteiger partial charge in [0.1, 0.15) is 0 Å². The molecule has 90 valence electrons. The third-order valence-corrected chi connectivity index (χ3v) is 3.95. The smallest absolute Gasteiger partial charge is 0.0967 e. The van der Waals surface area contributed by atoms with Gasteiger partial charge in [0.05, 0.1) is 21.3 Å². The first-order valence-electron chi connectivity index (χ1n) is 5.90. The minimum absolute atomic E-state index is 0.480. The SMILES string of the molecule is O[C@@H](Cc1nc2ccccc2s1)c1ccccc1. The first kappa shape index (κ1) is 11.4. The molecule has 0 aliphatic carbocycles. The van der Waals surface area contributed by atoms with Gasteiger partial charge in [-0.1, -0.05) is 42.5 Å². The largest absolute Gasteiger partial charge is 0.388 e. The van der Waals surface area contributed by atoms with E-state index in [4.69, 9.17) is 0 Å². The van der Waals surface area contributed by atoms with Gasteiger partial charge in [-0.3, -0.25) is 0 Å². The highest BCUT2D eigenvalue weighted by Gasteiger charge is 2.11. The standard InChI is InChI=1S/C15H13NOS/c17-13(11-6-2-1-3-7-11)10-15-16-12-8-4-5-9-14(12)18-15/h1-9,13,17H,10H2/t13-/m0/s1. The van der Waals surface area contributed by atoms with Crippen LogP contribution in [0.25, 0.3) is 10.2 Å². The second-order valence-corrected chi connectivity index (χ2v) is 5.32. The van der Waals surface area contributed by atoms with E-state index in [1.54, 1.807) is 11.3 Å². The number of aromatic nitrogens is 1. The van der Waals surface area contributed by atoms with E-state index in [0.717, 1.165) is 16.1 Å². The van der Waals surface area contributed by atoms with E-state index in [2.05, 4.69) is 11.1 Å². The van der Waals surface area contributed by atoms with Gasteiger partial charge in [0, 0.05) is 6.42 Å². The molecular formula is C15H13NOS. The van der Waals surface area contributed by atoms with Gasteiger partial charge in [-0.05, 0) is 17.7 Å². The average Bonchev–Trinajstić information content (AvgIpc) is 2.82. The van der Waals surface area contributed by atoms with Gasteiger partial charge < -0.3 is 5.11 Å². The van der Waals surface area contributed by atoms with E-state index in [9.17, 15) is 5.11 Å². The fourth-order valence-corrected chi connectivity index (χ4v) is 2.97. The van der Waals surface area contributed by atoms with Crippen LogP contribution in [0.15, 0.2) is 54.6 Å². The summed E-state index contributed by atoms with van der Waals surface area (Å²) in [5.74, 6) is 0. The molecule has 2 aromatic carbocycles. The number of nitrogens with zero attached hydrogens (tertiary/aromatic N) is 1. The van der Waals surface area contributed by atoms with Crippen molar-refractivity contribution in [3.8, 4) is 0 Å². The Kier molecular flexibility index (Phi) is 3.09. The maximum atomic E-state index is 10.2. The summed E-state index contributed by atoms with van der Waals surface area (Å²) >= 11 is 1.65. The Morgan fingerprint density at radius 3 is 2.50 bits per heavy atom. The Labute approximate surface area is 110 Å². The summed E-state index contributed by atoms with van der Waals surface area (Å²) in [6.45, 7) is 0. The van der Waals surface area contributed by atoms with Crippen molar-refractivity contribution in [2.24, 2.45) is 0 Å². The predicted octanol–water partition coefficient (Wildman–Crippen LogP) is 3.57. The molecule has 0 aliphatic heterocycles. The molecule has 0 radical (unpaired) electrons. The van der Waals surface area contributed by atoms with E-state index in [1.165, 1.54) is 4.70 Å². The Bertz CT molecular complexity index is 615. The zero-order valence-corrected chi connectivity index (χ0v) is 10.6. The Balaban J connectivity index is 1.84. The zero-order valence-electron chi connectivity index (χ0n) is 9.78. The van der Waals surface area contributed by atoms with Crippen molar-refractivity contribution in [2.45, 2.75) is 12.5 Å². The van der Waals surface area contributed by atoms with Crippen LogP contribution >= 0.6 is 11.3 Å². The minimum Gasteiger partial charge on any atom is -0.388 e. The van der Waals surface area contributed by atoms with Crippen molar-refractivity contribution in [2.75, 3.05) is 0 Å². The van der Waals surface area contributed by atoms with Gasteiger partial charge in [0.2, 0.25) is 0 Å². The quantitative estimate of drug-likeness (QED) is 0.776. The summed E-state index contributed by atoms with van der Waals surface area (Å²) in [5.41, 5.74) is 1.95. The lowest BCUT2D eigenvalue weighted by molar-refractivity contribution is 0.178. The van der Waals surface area contributed by atoms with Crippen LogP contribution in [-0.4, -0.2) is 10.1 Å². The third-order valence-electron chi connectivity index (χ3n) is 2.89. The average molecular weight is 255 g/mol. The highest BCUT2D eigenvalue weighted by molar-refractivity contribution is 7.18. The minimum atomic E-state index is -0.480. The fraction of sp³-hybridized carbons (Fsp3) is 0.133. The predicted molar refractivity (Wildman–Crippen MR) is 74.7 cm³/mol. The number of rotatable bonds is 3. The van der Waals surface area contributed by atoms with Crippen LogP contribution in [-0.2, 0) is 6.42 Å². The second-order valence-electron chi connectivity index (χ2n) is 4.21. The highest BCUT2D eigenvalue weighted by Crippen LogP contribution is 2.25. The molecule has 0 amide bonds. The molecule has 0 bridgehead atoms. The van der Waals surface area contributed by atoms with E-state index >= 15 is 0 Å². The molecule has 18 heavy (non-hydrogen) atoms. The molecule has 0 spiro atoms. The van der Waals surface area contributed by atoms with Crippen molar-refractivity contribution < 1.29 is 5.11 Å². The number of aliphatic hydroxyl groups is 1. The van der Waals surface area contributed by atoms with Crippen molar-refractivity contribution in [3.63, 3.8) is 0 Å². The maximum absolute atomic E-state index is 10.2. The van der Waals surface area contributed by atoms with Crippen LogP contribution in [0, 0.1) is 0 Å². The van der Waals surface area contributed by atoms with Crippen LogP contribution in [0.3, 0.4) is 0 Å². The Morgan fingerprint density at radius 2 is 1.72 bits per heavy atom. The molecule has 3 rings (SSSR count). The van der Waals surface area contributed by atoms with Crippen LogP contribution in [0.5, 0.6) is 0 Å². The lowest BCUT2D eigenvalue weighted by atomic mass is 10.1. The second kappa shape index (κ2) is 4.88. The number of thiazole rings is 1. The monoisotopic (exact) mass is 255 g/mol. The van der Waals surface area contributed by atoms with Crippen LogP contribution in [0.4, 0.5) is 0 Å². The topological polar surface area (TPSA) is 33.1 Å². The molecule has 0 fully saturated rings. The first-order chi connectivity index (χ1) is 8.83. The van der Waals surface area contributed by atoms with Crippen molar-refractivity contribution in [1.82, 2.24) is 4.98 Å². The number of para-hydroxylation sites is 1. The Hall–Kier alpha value is -1.71. The number of hydrogen-bond acceptors (Lipinski definition) is 3. The molecule has 1 atom stereocenters. The number of benzene rings is 2. The van der Waals surface area contributed by atoms with E-state index < -0.39 is 6.10 Å². The normalized spacial score (nSPS) is 12.7. The van der Waals surface area contributed by atoms with Gasteiger partial charge in [-0.25, -0.2) is 4.98 Å².